The zero-order valence-electron chi connectivity index (χ0n) is 26.5. The number of halogens is 2. The van der Waals surface area contributed by atoms with Gasteiger partial charge in [0, 0.05) is 24.0 Å². The molecule has 0 aromatic rings. The molecule has 5 rings (SSSR count). The van der Waals surface area contributed by atoms with Crippen molar-refractivity contribution in [1.82, 2.24) is 0 Å². The van der Waals surface area contributed by atoms with E-state index < -0.39 is 24.1 Å². The number of hydrogen-bond donors (Lipinski definition) is 4. The van der Waals surface area contributed by atoms with E-state index in [1.165, 1.54) is 0 Å². The first-order valence-corrected chi connectivity index (χ1v) is 14.6. The molecule has 0 amide bonds. The summed E-state index contributed by atoms with van der Waals surface area (Å²) in [6.45, 7) is 10.9. The maximum atomic E-state index is 11.5. The number of carboxylic acid groups (broad SMARTS) is 2. The molecule has 8 bridgehead atoms. The highest BCUT2D eigenvalue weighted by Crippen LogP contribution is 2.38. The molecule has 46 heavy (non-hydrogen) atoms. The zero-order chi connectivity index (χ0) is 32.0. The van der Waals surface area contributed by atoms with Gasteiger partial charge in [-0.15, -0.1) is 24.8 Å². The summed E-state index contributed by atoms with van der Waals surface area (Å²) in [6, 6.07) is 0. The molecule has 4 N–H and O–H groups in total. The summed E-state index contributed by atoms with van der Waals surface area (Å²) in [5.41, 5.74) is 10.6. The lowest BCUT2D eigenvalue weighted by molar-refractivity contribution is -0.137. The fourth-order valence-corrected chi connectivity index (χ4v) is 6.15. The third-order valence-electron chi connectivity index (χ3n) is 8.49. The number of carbonyl (C=O) groups is 2. The van der Waals surface area contributed by atoms with E-state index >= 15 is 0 Å². The van der Waals surface area contributed by atoms with Crippen LogP contribution >= 0.6 is 24.8 Å². The number of nitrogens with zero attached hydrogens (tertiary/aromatic N) is 4. The van der Waals surface area contributed by atoms with E-state index in [0.29, 0.717) is 56.8 Å². The first kappa shape index (κ1) is 36.5. The van der Waals surface area contributed by atoms with Gasteiger partial charge in [0.1, 0.15) is 0 Å². The Morgan fingerprint density at radius 2 is 0.935 bits per heavy atom. The van der Waals surface area contributed by atoms with E-state index in [9.17, 15) is 30.0 Å². The van der Waals surface area contributed by atoms with Crippen LogP contribution in [0.15, 0.2) is 112 Å². The summed E-state index contributed by atoms with van der Waals surface area (Å²) in [4.78, 5) is 42.6. The predicted molar refractivity (Wildman–Crippen MR) is 184 cm³/mol. The van der Waals surface area contributed by atoms with Gasteiger partial charge >= 0.3 is 11.9 Å². The number of fused-ring (bicyclic) bond motifs is 4. The molecule has 0 aliphatic carbocycles. The monoisotopic (exact) mass is 668 g/mol. The number of hydrogen-bond acceptors (Lipinski definition) is 8. The van der Waals surface area contributed by atoms with Gasteiger partial charge in [-0.25, -0.2) is 20.0 Å². The number of aliphatic hydroxyl groups excluding tert-OH is 2. The van der Waals surface area contributed by atoms with Crippen LogP contribution < -0.4 is 0 Å². The number of allylic oxidation sites excluding steroid dienone is 10. The fraction of sp³-hybridized carbons (Fsp3) is 0.353. The van der Waals surface area contributed by atoms with Gasteiger partial charge in [-0.3, -0.25) is 9.59 Å². The van der Waals surface area contributed by atoms with E-state index in [4.69, 9.17) is 20.0 Å². The summed E-state index contributed by atoms with van der Waals surface area (Å²) >= 11 is 0. The SMILES string of the molecule is CC1=C(CCC(=O)O)C2=CC3=NC(=CC4=NC(=CC5=NC(=CC1=N2)C(C(C)O)=C5C)C(C(C)O)=C4C)C(C)=C3CCC(=O)O.Cl.Cl. The second kappa shape index (κ2) is 14.2. The minimum atomic E-state index is -0.931. The van der Waals surface area contributed by atoms with Gasteiger partial charge in [0.05, 0.1) is 57.8 Å². The minimum Gasteiger partial charge on any atom is -0.481 e. The maximum absolute atomic E-state index is 11.5. The molecule has 0 fully saturated rings. The van der Waals surface area contributed by atoms with Crippen molar-refractivity contribution < 1.29 is 30.0 Å². The zero-order valence-corrected chi connectivity index (χ0v) is 28.1. The van der Waals surface area contributed by atoms with Crippen LogP contribution in [0.5, 0.6) is 0 Å². The molecule has 0 spiro atoms. The Bertz CT molecular complexity index is 1790. The van der Waals surface area contributed by atoms with Crippen molar-refractivity contribution in [3.05, 3.63) is 91.7 Å². The Hall–Kier alpha value is -3.96. The molecule has 0 aromatic heterocycles. The Morgan fingerprint density at radius 1 is 0.565 bits per heavy atom. The third kappa shape index (κ3) is 6.90. The standard InChI is InChI=1S/C34H36N4O6.2ClH/c1-15-21(7-9-31(41)42)27-14-28-22(8-10-32(43)44)16(2)24(36-28)12-29-34(20(6)40)18(4)26(38-29)13-30-33(19(5)39)17(3)25(37-30)11-23(15)35-27;;/h11-14,19-20,39-40H,7-10H2,1-6H3,(H,41,42)(H,43,44);2*1H. The van der Waals surface area contributed by atoms with Gasteiger partial charge in [0.15, 0.2) is 0 Å². The van der Waals surface area contributed by atoms with Crippen molar-refractivity contribution in [3.8, 4) is 0 Å². The number of rotatable bonds is 8. The molecule has 2 unspecified atom stereocenters. The van der Waals surface area contributed by atoms with Crippen LogP contribution in [0.2, 0.25) is 0 Å². The number of aliphatic carboxylic acids is 2. The highest BCUT2D eigenvalue weighted by atomic mass is 35.5. The summed E-state index contributed by atoms with van der Waals surface area (Å²) in [5.74, 6) is -1.86. The Morgan fingerprint density at radius 3 is 1.39 bits per heavy atom. The largest absolute Gasteiger partial charge is 0.481 e. The van der Waals surface area contributed by atoms with Gasteiger partial charge in [-0.05, 0) is 112 Å². The Balaban J connectivity index is 0.00000288. The molecule has 0 saturated carbocycles. The summed E-state index contributed by atoms with van der Waals surface area (Å²) in [5, 5.41) is 40.4. The topological polar surface area (TPSA) is 164 Å². The molecule has 2 atom stereocenters. The molecular weight excluding hydrogens is 631 g/mol. The van der Waals surface area contributed by atoms with Crippen molar-refractivity contribution >= 4 is 59.6 Å². The van der Waals surface area contributed by atoms with E-state index in [1.807, 2.05) is 39.8 Å². The lowest BCUT2D eigenvalue weighted by Crippen LogP contribution is -2.09. The average molecular weight is 670 g/mol. The van der Waals surface area contributed by atoms with Crippen LogP contribution in [0.1, 0.15) is 67.2 Å². The molecule has 12 heteroatoms. The third-order valence-corrected chi connectivity index (χ3v) is 8.49. The smallest absolute Gasteiger partial charge is 0.303 e. The minimum absolute atomic E-state index is 0. The second-order valence-corrected chi connectivity index (χ2v) is 11.5. The Kier molecular flexibility index (Phi) is 11.3. The van der Waals surface area contributed by atoms with Crippen molar-refractivity contribution in [2.75, 3.05) is 0 Å². The quantitative estimate of drug-likeness (QED) is 0.249. The second-order valence-electron chi connectivity index (χ2n) is 11.5. The van der Waals surface area contributed by atoms with E-state index in [0.717, 1.165) is 33.4 Å². The van der Waals surface area contributed by atoms with Gasteiger partial charge in [0.2, 0.25) is 0 Å². The molecule has 244 valence electrons. The fourth-order valence-electron chi connectivity index (χ4n) is 6.15. The normalized spacial score (nSPS) is 20.2. The molecule has 0 saturated heterocycles. The molecule has 0 radical (unpaired) electrons. The maximum Gasteiger partial charge on any atom is 0.303 e. The first-order valence-electron chi connectivity index (χ1n) is 14.6. The molecule has 5 aliphatic rings. The molecular formula is C34H38Cl2N4O6. The van der Waals surface area contributed by atoms with Crippen LogP contribution in [-0.2, 0) is 9.59 Å². The van der Waals surface area contributed by atoms with Gasteiger partial charge in [-0.1, -0.05) is 0 Å². The van der Waals surface area contributed by atoms with Crippen molar-refractivity contribution in [1.29, 1.82) is 0 Å². The van der Waals surface area contributed by atoms with Crippen LogP contribution in [0.3, 0.4) is 0 Å². The van der Waals surface area contributed by atoms with Gasteiger partial charge in [-0.2, -0.15) is 0 Å². The highest BCUT2D eigenvalue weighted by molar-refractivity contribution is 6.20. The van der Waals surface area contributed by atoms with Gasteiger partial charge < -0.3 is 20.4 Å². The predicted octanol–water partition coefficient (Wildman–Crippen LogP) is 5.95. The van der Waals surface area contributed by atoms with E-state index in [1.54, 1.807) is 26.0 Å². The lowest BCUT2D eigenvalue weighted by Gasteiger charge is -2.10. The summed E-state index contributed by atoms with van der Waals surface area (Å²) in [6.07, 6.45) is 5.93. The van der Waals surface area contributed by atoms with Crippen molar-refractivity contribution in [2.45, 2.75) is 79.4 Å². The Labute approximate surface area is 280 Å². The van der Waals surface area contributed by atoms with Crippen LogP contribution in [0.25, 0.3) is 0 Å². The number of aliphatic hydroxyl groups is 2. The summed E-state index contributed by atoms with van der Waals surface area (Å²) in [7, 11) is 0. The number of carboxylic acids is 2. The number of aliphatic imine (C=N–C) groups is 4. The molecule has 0 aromatic carbocycles. The lowest BCUT2D eigenvalue weighted by atomic mass is 9.95. The van der Waals surface area contributed by atoms with Crippen LogP contribution in [-0.4, -0.2) is 67.4 Å². The van der Waals surface area contributed by atoms with E-state index in [-0.39, 0.29) is 50.5 Å². The highest BCUT2D eigenvalue weighted by Gasteiger charge is 2.31. The first-order chi connectivity index (χ1) is 20.8. The average Bonchev–Trinajstić information content (AvgIpc) is 3.59. The van der Waals surface area contributed by atoms with Gasteiger partial charge in [0.25, 0.3) is 0 Å². The van der Waals surface area contributed by atoms with Crippen molar-refractivity contribution in [2.24, 2.45) is 20.0 Å². The van der Waals surface area contributed by atoms with Crippen LogP contribution in [0.4, 0.5) is 0 Å². The molecule has 10 nitrogen and oxygen atoms in total. The summed E-state index contributed by atoms with van der Waals surface area (Å²) < 4.78 is 0. The van der Waals surface area contributed by atoms with Crippen LogP contribution in [0, 0.1) is 0 Å². The van der Waals surface area contributed by atoms with E-state index in [2.05, 4.69) is 0 Å². The molecule has 5 aliphatic heterocycles. The molecule has 5 heterocycles. The van der Waals surface area contributed by atoms with Crippen molar-refractivity contribution in [3.63, 3.8) is 0 Å².